The average Bonchev–Trinajstić information content (AvgIpc) is 2.71. The lowest BCUT2D eigenvalue weighted by molar-refractivity contribution is 0.0535. The van der Waals surface area contributed by atoms with Crippen LogP contribution in [0.25, 0.3) is 0 Å². The Balaban J connectivity index is 2.80. The lowest BCUT2D eigenvalue weighted by Crippen LogP contribution is -2.06. The third-order valence-corrected chi connectivity index (χ3v) is 2.67. The monoisotopic (exact) mass is 239 g/mol. The van der Waals surface area contributed by atoms with E-state index < -0.39 is 5.97 Å². The van der Waals surface area contributed by atoms with Crippen LogP contribution in [0.1, 0.15) is 15.9 Å². The van der Waals surface area contributed by atoms with E-state index in [2.05, 4.69) is 0 Å². The number of hydrogen-bond donors (Lipinski definition) is 1. The van der Waals surface area contributed by atoms with E-state index in [-0.39, 0.29) is 18.0 Å². The van der Waals surface area contributed by atoms with Gasteiger partial charge in [-0.3, -0.25) is 0 Å². The number of rotatable bonds is 3. The minimum Gasteiger partial charge on any atom is -0.492 e. The van der Waals surface area contributed by atoms with Crippen LogP contribution in [0.2, 0.25) is 0 Å². The number of cyclic esters (lactones) is 1. The minimum absolute atomic E-state index is 0.127. The van der Waals surface area contributed by atoms with Crippen molar-refractivity contribution in [1.82, 2.24) is 0 Å². The van der Waals surface area contributed by atoms with Gasteiger partial charge in [-0.1, -0.05) is 0 Å². The second-order valence-corrected chi connectivity index (χ2v) is 3.44. The highest BCUT2D eigenvalue weighted by Gasteiger charge is 2.34. The molecule has 1 aliphatic rings. The van der Waals surface area contributed by atoms with Gasteiger partial charge in [0.05, 0.1) is 38.1 Å². The molecule has 1 aromatic carbocycles. The average molecular weight is 239 g/mol. The van der Waals surface area contributed by atoms with Crippen molar-refractivity contribution >= 4 is 11.7 Å². The molecule has 2 N–H and O–H groups in total. The molecule has 0 aliphatic carbocycles. The van der Waals surface area contributed by atoms with Gasteiger partial charge in [-0.15, -0.1) is 0 Å². The summed E-state index contributed by atoms with van der Waals surface area (Å²) in [4.78, 5) is 11.6. The number of carbonyl (C=O) groups is 1. The Labute approximate surface area is 98.2 Å². The smallest absolute Gasteiger partial charge is 0.341 e. The van der Waals surface area contributed by atoms with Crippen molar-refractivity contribution < 1.29 is 23.7 Å². The van der Waals surface area contributed by atoms with Crippen LogP contribution in [-0.2, 0) is 11.3 Å². The summed E-state index contributed by atoms with van der Waals surface area (Å²) < 4.78 is 20.5. The Morgan fingerprint density at radius 1 is 1.06 bits per heavy atom. The van der Waals surface area contributed by atoms with E-state index in [0.717, 1.165) is 0 Å². The van der Waals surface area contributed by atoms with E-state index in [4.69, 9.17) is 24.7 Å². The van der Waals surface area contributed by atoms with Crippen LogP contribution in [0.5, 0.6) is 17.2 Å². The first-order chi connectivity index (χ1) is 8.15. The summed E-state index contributed by atoms with van der Waals surface area (Å²) in [6, 6.07) is 0. The summed E-state index contributed by atoms with van der Waals surface area (Å²) in [5.41, 5.74) is 6.97. The molecule has 0 spiro atoms. The van der Waals surface area contributed by atoms with Crippen LogP contribution < -0.4 is 19.9 Å². The molecule has 17 heavy (non-hydrogen) atoms. The lowest BCUT2D eigenvalue weighted by atomic mass is 10.0. The normalized spacial score (nSPS) is 13.0. The third-order valence-electron chi connectivity index (χ3n) is 2.67. The van der Waals surface area contributed by atoms with E-state index in [9.17, 15) is 4.79 Å². The Morgan fingerprint density at radius 2 is 1.65 bits per heavy atom. The molecule has 1 aliphatic heterocycles. The van der Waals surface area contributed by atoms with Gasteiger partial charge in [0.1, 0.15) is 6.61 Å². The number of methoxy groups -OCH3 is 3. The molecule has 0 aromatic heterocycles. The Kier molecular flexibility index (Phi) is 2.71. The second-order valence-electron chi connectivity index (χ2n) is 3.44. The lowest BCUT2D eigenvalue weighted by Gasteiger charge is -2.16. The van der Waals surface area contributed by atoms with Crippen molar-refractivity contribution in [1.29, 1.82) is 0 Å². The van der Waals surface area contributed by atoms with Crippen LogP contribution in [0.15, 0.2) is 0 Å². The maximum Gasteiger partial charge on any atom is 0.341 e. The zero-order valence-electron chi connectivity index (χ0n) is 9.83. The van der Waals surface area contributed by atoms with Gasteiger partial charge in [0.15, 0.2) is 11.5 Å². The SMILES string of the molecule is COc1c(N)c2c(c(OC)c1OC)COC2=O. The largest absolute Gasteiger partial charge is 0.492 e. The number of esters is 1. The van der Waals surface area contributed by atoms with Crippen molar-refractivity contribution in [2.75, 3.05) is 27.1 Å². The van der Waals surface area contributed by atoms with Crippen LogP contribution in [0.4, 0.5) is 5.69 Å². The molecule has 0 radical (unpaired) electrons. The molecule has 0 unspecified atom stereocenters. The van der Waals surface area contributed by atoms with Gasteiger partial charge in [-0.2, -0.15) is 0 Å². The fourth-order valence-electron chi connectivity index (χ4n) is 1.94. The third kappa shape index (κ3) is 1.44. The van der Waals surface area contributed by atoms with E-state index in [0.29, 0.717) is 22.6 Å². The molecule has 2 rings (SSSR count). The number of fused-ring (bicyclic) bond motifs is 1. The predicted molar refractivity (Wildman–Crippen MR) is 59.6 cm³/mol. The number of hydrogen-bond acceptors (Lipinski definition) is 6. The summed E-state index contributed by atoms with van der Waals surface area (Å²) in [6.45, 7) is 0.127. The Hall–Kier alpha value is -2.11. The minimum atomic E-state index is -0.475. The summed E-state index contributed by atoms with van der Waals surface area (Å²) in [5.74, 6) is 0.586. The predicted octanol–water partition coefficient (Wildman–Crippen LogP) is 0.965. The van der Waals surface area contributed by atoms with Gasteiger partial charge in [-0.25, -0.2) is 4.79 Å². The number of nitrogens with two attached hydrogens (primary N) is 1. The molecule has 1 aromatic rings. The molecule has 0 bridgehead atoms. The first-order valence-corrected chi connectivity index (χ1v) is 4.93. The summed E-state index contributed by atoms with van der Waals surface area (Å²) in [5, 5.41) is 0. The Bertz CT molecular complexity index is 483. The van der Waals surface area contributed by atoms with E-state index >= 15 is 0 Å². The molecule has 1 heterocycles. The van der Waals surface area contributed by atoms with E-state index in [1.165, 1.54) is 21.3 Å². The number of ether oxygens (including phenoxy) is 4. The highest BCUT2D eigenvalue weighted by molar-refractivity contribution is 6.02. The van der Waals surface area contributed by atoms with E-state index in [1.807, 2.05) is 0 Å². The molecule has 6 nitrogen and oxygen atoms in total. The molecule has 0 amide bonds. The van der Waals surface area contributed by atoms with Crippen LogP contribution in [0.3, 0.4) is 0 Å². The fraction of sp³-hybridized carbons (Fsp3) is 0.364. The van der Waals surface area contributed by atoms with Gasteiger partial charge >= 0.3 is 5.97 Å². The van der Waals surface area contributed by atoms with Gasteiger partial charge in [0.2, 0.25) is 5.75 Å². The van der Waals surface area contributed by atoms with Gasteiger partial charge in [0, 0.05) is 0 Å². The van der Waals surface area contributed by atoms with Crippen LogP contribution in [-0.4, -0.2) is 27.3 Å². The van der Waals surface area contributed by atoms with Crippen LogP contribution >= 0.6 is 0 Å². The first-order valence-electron chi connectivity index (χ1n) is 4.93. The number of nitrogen functional groups attached to an aromatic ring is 1. The maximum absolute atomic E-state index is 11.6. The maximum atomic E-state index is 11.6. The van der Waals surface area contributed by atoms with Crippen molar-refractivity contribution in [3.8, 4) is 17.2 Å². The van der Waals surface area contributed by atoms with Gasteiger partial charge in [-0.05, 0) is 0 Å². The van der Waals surface area contributed by atoms with Crippen molar-refractivity contribution in [2.45, 2.75) is 6.61 Å². The quantitative estimate of drug-likeness (QED) is 0.625. The van der Waals surface area contributed by atoms with Gasteiger partial charge in [0.25, 0.3) is 0 Å². The molecule has 0 fully saturated rings. The first kappa shape index (κ1) is 11.4. The highest BCUT2D eigenvalue weighted by Crippen LogP contribution is 2.49. The zero-order valence-corrected chi connectivity index (χ0v) is 9.83. The topological polar surface area (TPSA) is 80.0 Å². The second kappa shape index (κ2) is 4.04. The van der Waals surface area contributed by atoms with Crippen molar-refractivity contribution in [3.05, 3.63) is 11.1 Å². The fourth-order valence-corrected chi connectivity index (χ4v) is 1.94. The Morgan fingerprint density at radius 3 is 2.18 bits per heavy atom. The van der Waals surface area contributed by atoms with Gasteiger partial charge < -0.3 is 24.7 Å². The number of carbonyl (C=O) groups excluding carboxylic acids is 1. The molecule has 6 heteroatoms. The van der Waals surface area contributed by atoms with Crippen molar-refractivity contribution in [3.63, 3.8) is 0 Å². The number of benzene rings is 1. The zero-order chi connectivity index (χ0) is 12.6. The van der Waals surface area contributed by atoms with Crippen molar-refractivity contribution in [2.24, 2.45) is 0 Å². The molecular formula is C11H13NO5. The van der Waals surface area contributed by atoms with Crippen LogP contribution in [0, 0.1) is 0 Å². The molecule has 0 atom stereocenters. The van der Waals surface area contributed by atoms with E-state index in [1.54, 1.807) is 0 Å². The summed E-state index contributed by atoms with van der Waals surface area (Å²) in [7, 11) is 4.40. The molecule has 0 saturated heterocycles. The summed E-state index contributed by atoms with van der Waals surface area (Å²) >= 11 is 0. The highest BCUT2D eigenvalue weighted by atomic mass is 16.5. The standard InChI is InChI=1S/C11H13NO5/c1-14-8-5-4-17-11(13)6(5)7(12)9(15-2)10(8)16-3/h4,12H2,1-3H3. The molecule has 92 valence electrons. The number of anilines is 1. The molecule has 0 saturated carbocycles. The molecular weight excluding hydrogens is 226 g/mol. The summed E-state index contributed by atoms with van der Waals surface area (Å²) in [6.07, 6.45) is 0.